The number of aryl methyl sites for hydroxylation is 1. The van der Waals surface area contributed by atoms with Crippen molar-refractivity contribution in [1.82, 2.24) is 0 Å². The van der Waals surface area contributed by atoms with E-state index in [1.165, 1.54) is 13.2 Å². The van der Waals surface area contributed by atoms with Crippen LogP contribution in [0.4, 0.5) is 0 Å². The van der Waals surface area contributed by atoms with Crippen molar-refractivity contribution in [2.24, 2.45) is 0 Å². The van der Waals surface area contributed by atoms with Gasteiger partial charge in [-0.05, 0) is 36.6 Å². The minimum atomic E-state index is -1.49. The van der Waals surface area contributed by atoms with Crippen LogP contribution in [0.25, 0.3) is 11.0 Å². The predicted molar refractivity (Wildman–Crippen MR) is 127 cm³/mol. The molecule has 4 rings (SSSR count). The number of carbonyl (C=O) groups is 1. The van der Waals surface area contributed by atoms with Gasteiger partial charge < -0.3 is 39.1 Å². The summed E-state index contributed by atoms with van der Waals surface area (Å²) in [6, 6.07) is 12.1. The van der Waals surface area contributed by atoms with E-state index in [1.807, 2.05) is 18.2 Å². The minimum absolute atomic E-state index is 0.0182. The van der Waals surface area contributed by atoms with Crippen molar-refractivity contribution in [2.45, 2.75) is 50.5 Å². The molecule has 0 radical (unpaired) electrons. The Morgan fingerprint density at radius 3 is 2.42 bits per heavy atom. The second kappa shape index (κ2) is 10.00. The van der Waals surface area contributed by atoms with E-state index in [2.05, 4.69) is 0 Å². The van der Waals surface area contributed by atoms with E-state index < -0.39 is 53.8 Å². The first kappa shape index (κ1) is 25.8. The van der Waals surface area contributed by atoms with E-state index in [0.717, 1.165) is 5.56 Å². The maximum atomic E-state index is 12.7. The molecule has 5 atom stereocenters. The third-order valence-electron chi connectivity index (χ3n) is 6.60. The number of aliphatic hydroxyl groups excluding tert-OH is 3. The molecule has 0 spiro atoms. The van der Waals surface area contributed by atoms with Crippen LogP contribution in [0, 0.1) is 6.92 Å². The Morgan fingerprint density at radius 1 is 1.11 bits per heavy atom. The van der Waals surface area contributed by atoms with Gasteiger partial charge in [-0.1, -0.05) is 36.4 Å². The summed E-state index contributed by atoms with van der Waals surface area (Å²) in [5, 5.41) is 41.4. The molecule has 1 aliphatic heterocycles. The quantitative estimate of drug-likeness (QED) is 0.354. The third kappa shape index (κ3) is 4.38. The Hall–Kier alpha value is -3.28. The molecule has 1 aliphatic rings. The standard InChI is InChI=1S/C26H28O10/c1-13-15(22-18(28)19(29)23(33-3)26(2,12-27)36-22)9-10-16-20(13)35-25(32)17(24(30)31)21(16)34-11-14-7-5-4-6-8-14/h4-10,18-19,22-23,27-29H,11-12H2,1-3H3,(H,30,31)/t18-,19-,22+,23-,26-/m1/s1. The monoisotopic (exact) mass is 500 g/mol. The van der Waals surface area contributed by atoms with Crippen LogP contribution >= 0.6 is 0 Å². The summed E-state index contributed by atoms with van der Waals surface area (Å²) in [5.74, 6) is -1.63. The smallest absolute Gasteiger partial charge is 0.354 e. The number of ether oxygens (including phenoxy) is 3. The lowest BCUT2D eigenvalue weighted by Crippen LogP contribution is -2.62. The lowest BCUT2D eigenvalue weighted by atomic mass is 9.83. The van der Waals surface area contributed by atoms with Crippen molar-refractivity contribution in [1.29, 1.82) is 0 Å². The maximum absolute atomic E-state index is 12.7. The molecule has 0 amide bonds. The molecule has 0 unspecified atom stereocenters. The van der Waals surface area contributed by atoms with Gasteiger partial charge in [0.25, 0.3) is 0 Å². The number of carboxylic acid groups (broad SMARTS) is 1. The Kier molecular flexibility index (Phi) is 7.17. The number of hydrogen-bond donors (Lipinski definition) is 4. The number of carboxylic acids is 1. The number of aliphatic hydroxyl groups is 3. The number of rotatable bonds is 7. The molecular weight excluding hydrogens is 472 g/mol. The van der Waals surface area contributed by atoms with Gasteiger partial charge in [-0.15, -0.1) is 0 Å². The van der Waals surface area contributed by atoms with Crippen molar-refractivity contribution in [3.05, 3.63) is 75.1 Å². The van der Waals surface area contributed by atoms with Crippen molar-refractivity contribution >= 4 is 16.9 Å². The van der Waals surface area contributed by atoms with Gasteiger partial charge in [0.15, 0.2) is 11.3 Å². The lowest BCUT2D eigenvalue weighted by Gasteiger charge is -2.48. The fourth-order valence-electron chi connectivity index (χ4n) is 4.67. The molecule has 2 heterocycles. The zero-order valence-electron chi connectivity index (χ0n) is 20.0. The summed E-state index contributed by atoms with van der Waals surface area (Å²) in [6.07, 6.45) is -4.91. The Labute approximate surface area is 206 Å². The predicted octanol–water partition coefficient (Wildman–Crippen LogP) is 1.94. The molecule has 36 heavy (non-hydrogen) atoms. The third-order valence-corrected chi connectivity index (χ3v) is 6.60. The molecule has 1 aromatic heterocycles. The van der Waals surface area contributed by atoms with Gasteiger partial charge in [-0.3, -0.25) is 0 Å². The molecule has 0 bridgehead atoms. The van der Waals surface area contributed by atoms with E-state index in [1.54, 1.807) is 32.0 Å². The Bertz CT molecular complexity index is 1320. The molecule has 10 nitrogen and oxygen atoms in total. The molecular formula is C26H28O10. The summed E-state index contributed by atoms with van der Waals surface area (Å²) in [4.78, 5) is 24.6. The first-order valence-corrected chi connectivity index (χ1v) is 11.3. The van der Waals surface area contributed by atoms with Crippen LogP contribution in [0.5, 0.6) is 5.75 Å². The lowest BCUT2D eigenvalue weighted by molar-refractivity contribution is -0.279. The summed E-state index contributed by atoms with van der Waals surface area (Å²) < 4.78 is 22.5. The highest BCUT2D eigenvalue weighted by Crippen LogP contribution is 2.42. The fraction of sp³-hybridized carbons (Fsp3) is 0.385. The maximum Gasteiger partial charge on any atom is 0.354 e. The summed E-state index contributed by atoms with van der Waals surface area (Å²) in [5.41, 5.74) is -1.49. The van der Waals surface area contributed by atoms with E-state index >= 15 is 0 Å². The number of benzene rings is 2. The van der Waals surface area contributed by atoms with Crippen molar-refractivity contribution in [3.63, 3.8) is 0 Å². The van der Waals surface area contributed by atoms with Gasteiger partial charge in [0.05, 0.1) is 12.0 Å². The van der Waals surface area contributed by atoms with Crippen LogP contribution in [0.15, 0.2) is 51.7 Å². The van der Waals surface area contributed by atoms with Crippen molar-refractivity contribution < 1.29 is 43.8 Å². The average molecular weight is 501 g/mol. The molecule has 2 aromatic carbocycles. The summed E-state index contributed by atoms with van der Waals surface area (Å²) >= 11 is 0. The number of aromatic carboxylic acids is 1. The van der Waals surface area contributed by atoms with Crippen molar-refractivity contribution in [3.8, 4) is 5.75 Å². The largest absolute Gasteiger partial charge is 0.487 e. The highest BCUT2D eigenvalue weighted by molar-refractivity contribution is 5.98. The van der Waals surface area contributed by atoms with Gasteiger partial charge in [0, 0.05) is 7.11 Å². The zero-order chi connectivity index (χ0) is 26.2. The number of hydrogen-bond acceptors (Lipinski definition) is 9. The zero-order valence-corrected chi connectivity index (χ0v) is 20.0. The van der Waals surface area contributed by atoms with E-state index in [-0.39, 0.29) is 23.3 Å². The SMILES string of the molecule is CO[C@@H]1[C@H](O)[C@@H](O)[C@H](c2ccc3c(OCc4ccccc4)c(C(=O)O)c(=O)oc3c2C)O[C@]1(C)CO. The average Bonchev–Trinajstić information content (AvgIpc) is 2.86. The molecule has 1 saturated heterocycles. The summed E-state index contributed by atoms with van der Waals surface area (Å²) in [6.45, 7) is 2.69. The van der Waals surface area contributed by atoms with Gasteiger partial charge in [-0.25, -0.2) is 9.59 Å². The Morgan fingerprint density at radius 2 is 1.81 bits per heavy atom. The molecule has 3 aromatic rings. The van der Waals surface area contributed by atoms with E-state index in [9.17, 15) is 30.0 Å². The topological polar surface area (TPSA) is 156 Å². The van der Waals surface area contributed by atoms with Gasteiger partial charge in [0.1, 0.15) is 42.2 Å². The van der Waals surface area contributed by atoms with E-state index in [4.69, 9.17) is 18.6 Å². The molecule has 4 N–H and O–H groups in total. The fourth-order valence-corrected chi connectivity index (χ4v) is 4.67. The normalized spacial score (nSPS) is 26.2. The first-order chi connectivity index (χ1) is 17.1. The van der Waals surface area contributed by atoms with Crippen LogP contribution < -0.4 is 10.4 Å². The summed E-state index contributed by atoms with van der Waals surface area (Å²) in [7, 11) is 1.34. The number of methoxy groups -OCH3 is 1. The van der Waals surface area contributed by atoms with Gasteiger partial charge in [0.2, 0.25) is 0 Å². The molecule has 192 valence electrons. The minimum Gasteiger partial charge on any atom is -0.487 e. The van der Waals surface area contributed by atoms with Gasteiger partial charge in [-0.2, -0.15) is 0 Å². The molecule has 10 heteroatoms. The van der Waals surface area contributed by atoms with Crippen molar-refractivity contribution in [2.75, 3.05) is 13.7 Å². The van der Waals surface area contributed by atoms with Crippen LogP contribution in [-0.2, 0) is 16.1 Å². The highest BCUT2D eigenvalue weighted by atomic mass is 16.6. The van der Waals surface area contributed by atoms with Crippen LogP contribution in [0.1, 0.15) is 40.1 Å². The second-order valence-electron chi connectivity index (χ2n) is 8.98. The van der Waals surface area contributed by atoms with Crippen LogP contribution in [0.2, 0.25) is 0 Å². The second-order valence-corrected chi connectivity index (χ2v) is 8.98. The van der Waals surface area contributed by atoms with Crippen LogP contribution in [-0.4, -0.2) is 64.0 Å². The Balaban J connectivity index is 1.83. The molecule has 0 aliphatic carbocycles. The first-order valence-electron chi connectivity index (χ1n) is 11.3. The molecule has 0 saturated carbocycles. The highest BCUT2D eigenvalue weighted by Gasteiger charge is 2.52. The van der Waals surface area contributed by atoms with E-state index in [0.29, 0.717) is 11.1 Å². The molecule has 1 fully saturated rings. The van der Waals surface area contributed by atoms with Crippen LogP contribution in [0.3, 0.4) is 0 Å². The number of fused-ring (bicyclic) bond motifs is 1. The van der Waals surface area contributed by atoms with Gasteiger partial charge >= 0.3 is 11.6 Å².